The van der Waals surface area contributed by atoms with Crippen LogP contribution < -0.4 is 30.7 Å². The first-order valence-electron chi connectivity index (χ1n) is 12.2. The highest BCUT2D eigenvalue weighted by Crippen LogP contribution is 2.35. The maximum absolute atomic E-state index is 14.6. The number of aromatic nitrogens is 2. The molecule has 3 aromatic rings. The van der Waals surface area contributed by atoms with E-state index in [4.69, 9.17) is 14.2 Å². The quantitative estimate of drug-likeness (QED) is 0.344. The van der Waals surface area contributed by atoms with Crippen molar-refractivity contribution in [2.45, 2.75) is 45.4 Å². The van der Waals surface area contributed by atoms with E-state index in [1.54, 1.807) is 70.2 Å². The van der Waals surface area contributed by atoms with Crippen LogP contribution in [-0.4, -0.2) is 33.7 Å². The van der Waals surface area contributed by atoms with Crippen LogP contribution in [0, 0.1) is 5.82 Å². The number of carbonyl (C=O) groups is 2. The van der Waals surface area contributed by atoms with Crippen LogP contribution in [0.1, 0.15) is 39.3 Å². The van der Waals surface area contributed by atoms with Gasteiger partial charge in [-0.25, -0.2) is 14.2 Å². The van der Waals surface area contributed by atoms with Gasteiger partial charge in [-0.2, -0.15) is 4.98 Å². The van der Waals surface area contributed by atoms with E-state index < -0.39 is 29.7 Å². The first-order valence-corrected chi connectivity index (χ1v) is 12.2. The zero-order valence-corrected chi connectivity index (χ0v) is 21.7. The molecule has 202 valence electrons. The van der Waals surface area contributed by atoms with Crippen LogP contribution in [0.2, 0.25) is 0 Å². The zero-order chi connectivity index (χ0) is 27.7. The molecule has 2 atom stereocenters. The third-order valence-corrected chi connectivity index (χ3v) is 5.66. The second-order valence-corrected chi connectivity index (χ2v) is 9.92. The SMILES string of the molecule is C[C@@H]1Oc2ccc(Nc3nc(Nc4ccc5c(c4)[C@H](NC(=O)OC(C)(C)C)C=CO5)ncc3F)cc2NC1=O. The van der Waals surface area contributed by atoms with E-state index in [1.165, 1.54) is 6.26 Å². The standard InChI is InChI=1S/C27H27FN6O5/c1-14-24(35)32-20-12-16(6-8-22(20)38-14)30-23-18(28)13-29-25(34-23)31-15-5-7-21-17(11-15)19(9-10-37-21)33-26(36)39-27(2,3)4/h5-14,19H,1-4H3,(H,32,35)(H,33,36)(H2,29,30,31,34)/t14-,19+/m0/s1. The van der Waals surface area contributed by atoms with Gasteiger partial charge in [0.05, 0.1) is 24.2 Å². The highest BCUT2D eigenvalue weighted by Gasteiger charge is 2.25. The van der Waals surface area contributed by atoms with Gasteiger partial charge in [0.25, 0.3) is 5.91 Å². The summed E-state index contributed by atoms with van der Waals surface area (Å²) in [4.78, 5) is 32.6. The number of nitrogens with one attached hydrogen (secondary N) is 4. The van der Waals surface area contributed by atoms with Gasteiger partial charge in [-0.05, 0) is 70.2 Å². The number of benzene rings is 2. The van der Waals surface area contributed by atoms with Gasteiger partial charge < -0.3 is 35.5 Å². The Bertz CT molecular complexity index is 1470. The van der Waals surface area contributed by atoms with Crippen molar-refractivity contribution in [3.05, 3.63) is 66.3 Å². The number of carbonyl (C=O) groups excluding carboxylic acids is 2. The van der Waals surface area contributed by atoms with Crippen LogP contribution in [0.4, 0.5) is 38.0 Å². The van der Waals surface area contributed by atoms with Crippen LogP contribution >= 0.6 is 0 Å². The summed E-state index contributed by atoms with van der Waals surface area (Å²) in [6, 6.07) is 9.75. The van der Waals surface area contributed by atoms with E-state index in [0.717, 1.165) is 6.20 Å². The van der Waals surface area contributed by atoms with Gasteiger partial charge in [0.2, 0.25) is 5.95 Å². The molecule has 2 aromatic carbocycles. The van der Waals surface area contributed by atoms with Crippen LogP contribution in [-0.2, 0) is 9.53 Å². The van der Waals surface area contributed by atoms with Crippen molar-refractivity contribution in [1.82, 2.24) is 15.3 Å². The number of hydrogen-bond acceptors (Lipinski definition) is 9. The molecule has 0 saturated heterocycles. The molecule has 2 aliphatic rings. The number of fused-ring (bicyclic) bond motifs is 2. The summed E-state index contributed by atoms with van der Waals surface area (Å²) in [5.41, 5.74) is 1.58. The lowest BCUT2D eigenvalue weighted by atomic mass is 10.0. The van der Waals surface area contributed by atoms with Gasteiger partial charge in [-0.15, -0.1) is 0 Å². The first-order chi connectivity index (χ1) is 18.5. The number of halogens is 1. The molecule has 2 aliphatic heterocycles. The van der Waals surface area contributed by atoms with E-state index in [2.05, 4.69) is 31.2 Å². The number of ether oxygens (including phenoxy) is 3. The third-order valence-electron chi connectivity index (χ3n) is 5.66. The number of anilines is 5. The summed E-state index contributed by atoms with van der Waals surface area (Å²) >= 11 is 0. The Morgan fingerprint density at radius 1 is 1.10 bits per heavy atom. The monoisotopic (exact) mass is 534 g/mol. The predicted molar refractivity (Wildman–Crippen MR) is 142 cm³/mol. The molecule has 0 saturated carbocycles. The Morgan fingerprint density at radius 2 is 1.85 bits per heavy atom. The summed E-state index contributed by atoms with van der Waals surface area (Å²) in [5, 5.41) is 11.5. The molecular formula is C27H27FN6O5. The number of rotatable bonds is 5. The minimum Gasteiger partial charge on any atom is -0.479 e. The molecule has 5 rings (SSSR count). The first kappa shape index (κ1) is 25.8. The lowest BCUT2D eigenvalue weighted by Crippen LogP contribution is -2.35. The minimum atomic E-state index is -0.669. The molecule has 1 aromatic heterocycles. The average Bonchev–Trinajstić information content (AvgIpc) is 2.86. The largest absolute Gasteiger partial charge is 0.479 e. The van der Waals surface area contributed by atoms with Crippen LogP contribution in [0.15, 0.2) is 54.9 Å². The van der Waals surface area contributed by atoms with Gasteiger partial charge in [0.1, 0.15) is 17.1 Å². The maximum atomic E-state index is 14.6. The Labute approximate surface area is 223 Å². The van der Waals surface area contributed by atoms with E-state index in [9.17, 15) is 14.0 Å². The topological polar surface area (TPSA) is 136 Å². The number of amides is 2. The van der Waals surface area contributed by atoms with Gasteiger partial charge in [0.15, 0.2) is 17.7 Å². The molecule has 0 spiro atoms. The molecular weight excluding hydrogens is 507 g/mol. The number of alkyl carbamates (subject to hydrolysis) is 1. The Balaban J connectivity index is 1.32. The minimum absolute atomic E-state index is 0.0717. The summed E-state index contributed by atoms with van der Waals surface area (Å²) in [6.07, 6.45) is 3.07. The van der Waals surface area contributed by atoms with Crippen LogP contribution in [0.25, 0.3) is 0 Å². The zero-order valence-electron chi connectivity index (χ0n) is 21.7. The average molecular weight is 535 g/mol. The van der Waals surface area contributed by atoms with Crippen molar-refractivity contribution in [3.8, 4) is 11.5 Å². The van der Waals surface area contributed by atoms with Gasteiger partial charge in [-0.1, -0.05) is 0 Å². The van der Waals surface area contributed by atoms with Crippen molar-refractivity contribution >= 4 is 40.8 Å². The summed E-state index contributed by atoms with van der Waals surface area (Å²) in [6.45, 7) is 7.00. The molecule has 3 heterocycles. The number of nitrogens with zero attached hydrogens (tertiary/aromatic N) is 2. The lowest BCUT2D eigenvalue weighted by molar-refractivity contribution is -0.122. The normalized spacial score (nSPS) is 17.5. The van der Waals surface area contributed by atoms with Crippen LogP contribution in [0.3, 0.4) is 0 Å². The van der Waals surface area contributed by atoms with Gasteiger partial charge in [-0.3, -0.25) is 4.79 Å². The molecule has 0 unspecified atom stereocenters. The molecule has 0 bridgehead atoms. The van der Waals surface area contributed by atoms with E-state index in [-0.39, 0.29) is 17.7 Å². The van der Waals surface area contributed by atoms with Crippen molar-refractivity contribution in [3.63, 3.8) is 0 Å². The van der Waals surface area contributed by atoms with Crippen molar-refractivity contribution < 1.29 is 28.2 Å². The van der Waals surface area contributed by atoms with Crippen LogP contribution in [0.5, 0.6) is 11.5 Å². The fourth-order valence-corrected chi connectivity index (χ4v) is 3.90. The van der Waals surface area contributed by atoms with E-state index >= 15 is 0 Å². The Kier molecular flexibility index (Phi) is 6.69. The van der Waals surface area contributed by atoms with Gasteiger partial charge >= 0.3 is 6.09 Å². The molecule has 0 radical (unpaired) electrons. The summed E-state index contributed by atoms with van der Waals surface area (Å²) in [5.74, 6) is 0.198. The molecule has 11 nitrogen and oxygen atoms in total. The Morgan fingerprint density at radius 3 is 2.62 bits per heavy atom. The van der Waals surface area contributed by atoms with E-state index in [0.29, 0.717) is 34.1 Å². The fourth-order valence-electron chi connectivity index (χ4n) is 3.90. The smallest absolute Gasteiger partial charge is 0.408 e. The van der Waals surface area contributed by atoms with E-state index in [1.807, 2.05) is 0 Å². The molecule has 0 aliphatic carbocycles. The van der Waals surface area contributed by atoms with Crippen molar-refractivity contribution in [1.29, 1.82) is 0 Å². The summed E-state index contributed by atoms with van der Waals surface area (Å²) in [7, 11) is 0. The maximum Gasteiger partial charge on any atom is 0.408 e. The Hall–Kier alpha value is -4.87. The third kappa shape index (κ3) is 6.00. The van der Waals surface area contributed by atoms with Crippen molar-refractivity contribution in [2.24, 2.45) is 0 Å². The lowest BCUT2D eigenvalue weighted by Gasteiger charge is -2.25. The predicted octanol–water partition coefficient (Wildman–Crippen LogP) is 5.29. The highest BCUT2D eigenvalue weighted by molar-refractivity contribution is 5.98. The molecule has 4 N–H and O–H groups in total. The van der Waals surface area contributed by atoms with Gasteiger partial charge in [0, 0.05) is 16.9 Å². The number of hydrogen-bond donors (Lipinski definition) is 4. The molecule has 12 heteroatoms. The molecule has 39 heavy (non-hydrogen) atoms. The molecule has 0 fully saturated rings. The second kappa shape index (κ2) is 10.1. The second-order valence-electron chi connectivity index (χ2n) is 9.92. The molecule has 2 amide bonds. The van der Waals surface area contributed by atoms with Crippen molar-refractivity contribution in [2.75, 3.05) is 16.0 Å². The highest BCUT2D eigenvalue weighted by atomic mass is 19.1. The fraction of sp³-hybridized carbons (Fsp3) is 0.259. The summed E-state index contributed by atoms with van der Waals surface area (Å²) < 4.78 is 31.1.